The number of hydrogen-bond donors (Lipinski definition) is 1. The summed E-state index contributed by atoms with van der Waals surface area (Å²) in [6.45, 7) is 4.49. The molecular weight excluding hydrogens is 318 g/mol. The number of rotatable bonds is 7. The van der Waals surface area contributed by atoms with Gasteiger partial charge in [-0.25, -0.2) is 0 Å². The van der Waals surface area contributed by atoms with Crippen LogP contribution >= 0.6 is 15.9 Å². The maximum atomic E-state index is 12.3. The molecule has 4 heteroatoms. The zero-order valence-corrected chi connectivity index (χ0v) is 13.6. The summed E-state index contributed by atoms with van der Waals surface area (Å²) in [4.78, 5) is 14.0. The Kier molecular flexibility index (Phi) is 7.55. The zero-order chi connectivity index (χ0) is 15.0. The van der Waals surface area contributed by atoms with Gasteiger partial charge in [0.2, 0.25) is 5.91 Å². The Bertz CT molecular complexity index is 456. The molecule has 110 valence electrons. The first kappa shape index (κ1) is 16.9. The van der Waals surface area contributed by atoms with Crippen molar-refractivity contribution in [1.29, 1.82) is 0 Å². The largest absolute Gasteiger partial charge is 0.395 e. The first-order valence-corrected chi connectivity index (χ1v) is 7.76. The Hall–Kier alpha value is -1.13. The van der Waals surface area contributed by atoms with Crippen molar-refractivity contribution < 1.29 is 9.90 Å². The Morgan fingerprint density at radius 2 is 2.10 bits per heavy atom. The quantitative estimate of drug-likeness (QED) is 0.772. The lowest BCUT2D eigenvalue weighted by Gasteiger charge is -2.29. The van der Waals surface area contributed by atoms with Crippen molar-refractivity contribution in [1.82, 2.24) is 4.90 Å². The molecule has 0 radical (unpaired) electrons. The topological polar surface area (TPSA) is 40.5 Å². The van der Waals surface area contributed by atoms with Crippen LogP contribution in [0.2, 0.25) is 0 Å². The number of amides is 1. The third-order valence-corrected chi connectivity index (χ3v) is 3.77. The van der Waals surface area contributed by atoms with Gasteiger partial charge in [-0.05, 0) is 36.6 Å². The van der Waals surface area contributed by atoms with E-state index in [1.54, 1.807) is 17.1 Å². The van der Waals surface area contributed by atoms with Crippen LogP contribution in [0.4, 0.5) is 0 Å². The minimum absolute atomic E-state index is 0.00698. The Labute approximate surface area is 129 Å². The van der Waals surface area contributed by atoms with Crippen LogP contribution in [0, 0.1) is 0 Å². The molecule has 0 aliphatic carbocycles. The van der Waals surface area contributed by atoms with Crippen molar-refractivity contribution in [3.63, 3.8) is 0 Å². The minimum Gasteiger partial charge on any atom is -0.395 e. The minimum atomic E-state index is -0.0484. The van der Waals surface area contributed by atoms with Crippen LogP contribution in [-0.4, -0.2) is 35.1 Å². The van der Waals surface area contributed by atoms with Crippen LogP contribution in [0.25, 0.3) is 6.08 Å². The van der Waals surface area contributed by atoms with Gasteiger partial charge in [0.25, 0.3) is 0 Å². The summed E-state index contributed by atoms with van der Waals surface area (Å²) >= 11 is 3.41. The highest BCUT2D eigenvalue weighted by Crippen LogP contribution is 2.14. The van der Waals surface area contributed by atoms with E-state index in [9.17, 15) is 4.79 Å². The second kappa shape index (κ2) is 8.93. The predicted octanol–water partition coefficient (Wildman–Crippen LogP) is 3.47. The number of benzene rings is 1. The van der Waals surface area contributed by atoms with E-state index in [0.717, 1.165) is 22.9 Å². The van der Waals surface area contributed by atoms with Crippen LogP contribution in [-0.2, 0) is 4.79 Å². The van der Waals surface area contributed by atoms with Crippen molar-refractivity contribution in [3.8, 4) is 0 Å². The molecule has 3 nitrogen and oxygen atoms in total. The molecule has 0 aliphatic heterocycles. The van der Waals surface area contributed by atoms with E-state index in [0.29, 0.717) is 6.54 Å². The lowest BCUT2D eigenvalue weighted by molar-refractivity contribution is -0.128. The zero-order valence-electron chi connectivity index (χ0n) is 12.1. The van der Waals surface area contributed by atoms with Crippen LogP contribution in [0.5, 0.6) is 0 Å². The van der Waals surface area contributed by atoms with E-state index in [1.165, 1.54) is 0 Å². The molecule has 0 fully saturated rings. The fourth-order valence-electron chi connectivity index (χ4n) is 2.18. The molecule has 1 rings (SSSR count). The molecule has 1 N–H and O–H groups in total. The molecule has 0 saturated carbocycles. The standard InChI is InChI=1S/C16H22BrNO2/c1-3-15(4-2)18(10-11-19)16(20)9-8-13-6-5-7-14(17)12-13/h5-9,12,15,19H,3-4,10-11H2,1-2H3. The first-order valence-electron chi connectivity index (χ1n) is 6.97. The van der Waals surface area contributed by atoms with Crippen LogP contribution in [0.1, 0.15) is 32.3 Å². The number of aliphatic hydroxyl groups excluding tert-OH is 1. The van der Waals surface area contributed by atoms with E-state index in [-0.39, 0.29) is 18.6 Å². The first-order chi connectivity index (χ1) is 9.62. The normalized spacial score (nSPS) is 11.2. The second-order valence-electron chi connectivity index (χ2n) is 4.61. The van der Waals surface area contributed by atoms with Gasteiger partial charge >= 0.3 is 0 Å². The monoisotopic (exact) mass is 339 g/mol. The average Bonchev–Trinajstić information content (AvgIpc) is 2.45. The lowest BCUT2D eigenvalue weighted by Crippen LogP contribution is -2.40. The maximum absolute atomic E-state index is 12.3. The molecule has 0 heterocycles. The van der Waals surface area contributed by atoms with Gasteiger partial charge in [0.1, 0.15) is 0 Å². The van der Waals surface area contributed by atoms with Crippen LogP contribution in [0.15, 0.2) is 34.8 Å². The van der Waals surface area contributed by atoms with Crippen molar-refractivity contribution in [2.24, 2.45) is 0 Å². The number of halogens is 1. The molecule has 0 aliphatic rings. The molecular formula is C16H22BrNO2. The van der Waals surface area contributed by atoms with E-state index in [2.05, 4.69) is 29.8 Å². The van der Waals surface area contributed by atoms with Crippen molar-refractivity contribution >= 4 is 27.9 Å². The van der Waals surface area contributed by atoms with Gasteiger partial charge < -0.3 is 10.0 Å². The number of hydrogen-bond acceptors (Lipinski definition) is 2. The predicted molar refractivity (Wildman–Crippen MR) is 86.3 cm³/mol. The highest BCUT2D eigenvalue weighted by Gasteiger charge is 2.18. The van der Waals surface area contributed by atoms with Crippen molar-refractivity contribution in [3.05, 3.63) is 40.4 Å². The van der Waals surface area contributed by atoms with Gasteiger partial charge in [0.05, 0.1) is 6.61 Å². The summed E-state index contributed by atoms with van der Waals surface area (Å²) in [5.41, 5.74) is 0.973. The lowest BCUT2D eigenvalue weighted by atomic mass is 10.1. The van der Waals surface area contributed by atoms with Gasteiger partial charge in [0, 0.05) is 23.1 Å². The van der Waals surface area contributed by atoms with Crippen LogP contribution < -0.4 is 0 Å². The molecule has 0 saturated heterocycles. The number of carbonyl (C=O) groups is 1. The molecule has 1 aromatic carbocycles. The smallest absolute Gasteiger partial charge is 0.246 e. The molecule has 1 amide bonds. The Morgan fingerprint density at radius 3 is 2.65 bits per heavy atom. The van der Waals surface area contributed by atoms with Crippen LogP contribution in [0.3, 0.4) is 0 Å². The van der Waals surface area contributed by atoms with Crippen molar-refractivity contribution in [2.75, 3.05) is 13.2 Å². The SMILES string of the molecule is CCC(CC)N(CCO)C(=O)C=Cc1cccc(Br)c1. The van der Waals surface area contributed by atoms with Gasteiger partial charge in [-0.3, -0.25) is 4.79 Å². The highest BCUT2D eigenvalue weighted by molar-refractivity contribution is 9.10. The van der Waals surface area contributed by atoms with Gasteiger partial charge in [-0.1, -0.05) is 41.9 Å². The maximum Gasteiger partial charge on any atom is 0.246 e. The fourth-order valence-corrected chi connectivity index (χ4v) is 2.60. The number of nitrogens with zero attached hydrogens (tertiary/aromatic N) is 1. The molecule has 0 atom stereocenters. The Balaban J connectivity index is 2.80. The summed E-state index contributed by atoms with van der Waals surface area (Å²) < 4.78 is 0.985. The summed E-state index contributed by atoms with van der Waals surface area (Å²) in [6, 6.07) is 7.96. The third kappa shape index (κ3) is 5.10. The molecule has 0 aromatic heterocycles. The summed E-state index contributed by atoms with van der Waals surface area (Å²) in [5, 5.41) is 9.12. The van der Waals surface area contributed by atoms with Gasteiger partial charge in [0.15, 0.2) is 0 Å². The average molecular weight is 340 g/mol. The molecule has 20 heavy (non-hydrogen) atoms. The summed E-state index contributed by atoms with van der Waals surface area (Å²) in [5.74, 6) is -0.0484. The molecule has 1 aromatic rings. The molecule has 0 spiro atoms. The van der Waals surface area contributed by atoms with E-state index in [4.69, 9.17) is 5.11 Å². The van der Waals surface area contributed by atoms with Crippen molar-refractivity contribution in [2.45, 2.75) is 32.7 Å². The van der Waals surface area contributed by atoms with E-state index < -0.39 is 0 Å². The highest BCUT2D eigenvalue weighted by atomic mass is 79.9. The van der Waals surface area contributed by atoms with Gasteiger partial charge in [-0.15, -0.1) is 0 Å². The molecule has 0 unspecified atom stereocenters. The number of aliphatic hydroxyl groups is 1. The summed E-state index contributed by atoms with van der Waals surface area (Å²) in [6.07, 6.45) is 5.18. The van der Waals surface area contributed by atoms with E-state index >= 15 is 0 Å². The third-order valence-electron chi connectivity index (χ3n) is 3.27. The summed E-state index contributed by atoms with van der Waals surface area (Å²) in [7, 11) is 0. The van der Waals surface area contributed by atoms with E-state index in [1.807, 2.05) is 24.3 Å². The number of carbonyl (C=O) groups excluding carboxylic acids is 1. The molecule has 0 bridgehead atoms. The fraction of sp³-hybridized carbons (Fsp3) is 0.438. The second-order valence-corrected chi connectivity index (χ2v) is 5.53. The van der Waals surface area contributed by atoms with Gasteiger partial charge in [-0.2, -0.15) is 0 Å². The Morgan fingerprint density at radius 1 is 1.40 bits per heavy atom.